The highest BCUT2D eigenvalue weighted by Crippen LogP contribution is 2.34. The molecule has 0 saturated carbocycles. The summed E-state index contributed by atoms with van der Waals surface area (Å²) < 4.78 is 27.8. The first-order valence-electron chi connectivity index (χ1n) is 5.67. The SMILES string of the molecule is CC1CCC(C)N(S(=O)(=O)c2sccc2Br)C1. The van der Waals surface area contributed by atoms with Crippen molar-refractivity contribution in [3.63, 3.8) is 0 Å². The molecule has 2 atom stereocenters. The number of sulfonamides is 1. The van der Waals surface area contributed by atoms with E-state index in [1.165, 1.54) is 11.3 Å². The third-order valence-corrected chi connectivity index (χ3v) is 7.82. The zero-order chi connectivity index (χ0) is 12.6. The predicted molar refractivity (Wildman–Crippen MR) is 73.8 cm³/mol. The second-order valence-electron chi connectivity index (χ2n) is 4.66. The van der Waals surface area contributed by atoms with Crippen LogP contribution < -0.4 is 0 Å². The minimum Gasteiger partial charge on any atom is -0.206 e. The van der Waals surface area contributed by atoms with Gasteiger partial charge in [-0.2, -0.15) is 4.31 Å². The van der Waals surface area contributed by atoms with Crippen molar-refractivity contribution in [2.24, 2.45) is 5.92 Å². The molecule has 3 nitrogen and oxygen atoms in total. The van der Waals surface area contributed by atoms with E-state index in [2.05, 4.69) is 22.9 Å². The van der Waals surface area contributed by atoms with Gasteiger partial charge in [0.25, 0.3) is 10.0 Å². The molecule has 1 aliphatic rings. The molecule has 17 heavy (non-hydrogen) atoms. The van der Waals surface area contributed by atoms with E-state index in [1.807, 2.05) is 6.92 Å². The second kappa shape index (κ2) is 4.99. The lowest BCUT2D eigenvalue weighted by Gasteiger charge is -2.35. The fourth-order valence-corrected chi connectivity index (χ4v) is 6.36. The van der Waals surface area contributed by atoms with E-state index in [0.717, 1.165) is 12.8 Å². The lowest BCUT2D eigenvalue weighted by Crippen LogP contribution is -2.44. The zero-order valence-corrected chi connectivity index (χ0v) is 13.1. The van der Waals surface area contributed by atoms with Crippen LogP contribution in [0.4, 0.5) is 0 Å². The van der Waals surface area contributed by atoms with Crippen LogP contribution in [0.5, 0.6) is 0 Å². The maximum Gasteiger partial charge on any atom is 0.253 e. The van der Waals surface area contributed by atoms with E-state index in [-0.39, 0.29) is 6.04 Å². The normalized spacial score (nSPS) is 27.2. The highest BCUT2D eigenvalue weighted by molar-refractivity contribution is 9.10. The van der Waals surface area contributed by atoms with Gasteiger partial charge in [0.2, 0.25) is 0 Å². The minimum absolute atomic E-state index is 0.102. The van der Waals surface area contributed by atoms with Crippen LogP contribution in [0.1, 0.15) is 26.7 Å². The summed E-state index contributed by atoms with van der Waals surface area (Å²) in [5.74, 6) is 0.444. The molecule has 2 heterocycles. The van der Waals surface area contributed by atoms with Crippen LogP contribution in [0, 0.1) is 5.92 Å². The number of halogens is 1. The lowest BCUT2D eigenvalue weighted by molar-refractivity contribution is 0.218. The Morgan fingerprint density at radius 3 is 2.71 bits per heavy atom. The Morgan fingerprint density at radius 2 is 2.12 bits per heavy atom. The summed E-state index contributed by atoms with van der Waals surface area (Å²) in [6.45, 7) is 4.73. The smallest absolute Gasteiger partial charge is 0.206 e. The average Bonchev–Trinajstić information content (AvgIpc) is 2.68. The Hall–Kier alpha value is 0.0900. The number of hydrogen-bond acceptors (Lipinski definition) is 3. The molecule has 0 radical (unpaired) electrons. The van der Waals surface area contributed by atoms with Crippen molar-refractivity contribution < 1.29 is 8.42 Å². The third-order valence-electron chi connectivity index (χ3n) is 3.19. The largest absolute Gasteiger partial charge is 0.253 e. The van der Waals surface area contributed by atoms with Crippen molar-refractivity contribution >= 4 is 37.3 Å². The van der Waals surface area contributed by atoms with Gasteiger partial charge in [-0.1, -0.05) is 6.92 Å². The van der Waals surface area contributed by atoms with Crippen LogP contribution >= 0.6 is 27.3 Å². The van der Waals surface area contributed by atoms with Gasteiger partial charge in [-0.15, -0.1) is 11.3 Å². The van der Waals surface area contributed by atoms with E-state index < -0.39 is 10.0 Å². The van der Waals surface area contributed by atoms with Gasteiger partial charge in [0.1, 0.15) is 4.21 Å². The quantitative estimate of drug-likeness (QED) is 0.830. The molecule has 1 fully saturated rings. The molecule has 0 aliphatic carbocycles. The number of rotatable bonds is 2. The molecule has 6 heteroatoms. The van der Waals surface area contributed by atoms with Gasteiger partial charge in [-0.25, -0.2) is 8.42 Å². The van der Waals surface area contributed by atoms with Gasteiger partial charge >= 0.3 is 0 Å². The van der Waals surface area contributed by atoms with E-state index >= 15 is 0 Å². The van der Waals surface area contributed by atoms with Crippen LogP contribution in [-0.4, -0.2) is 25.3 Å². The van der Waals surface area contributed by atoms with E-state index in [4.69, 9.17) is 0 Å². The maximum atomic E-state index is 12.5. The first kappa shape index (κ1) is 13.5. The zero-order valence-electron chi connectivity index (χ0n) is 9.89. The predicted octanol–water partition coefficient (Wildman–Crippen LogP) is 3.32. The first-order valence-corrected chi connectivity index (χ1v) is 8.79. The van der Waals surface area contributed by atoms with E-state index in [9.17, 15) is 8.42 Å². The highest BCUT2D eigenvalue weighted by Gasteiger charge is 2.35. The topological polar surface area (TPSA) is 37.4 Å². The third kappa shape index (κ3) is 2.59. The van der Waals surface area contributed by atoms with Crippen LogP contribution in [0.2, 0.25) is 0 Å². The molecule has 1 aliphatic heterocycles. The van der Waals surface area contributed by atoms with Crippen molar-refractivity contribution in [1.82, 2.24) is 4.31 Å². The van der Waals surface area contributed by atoms with E-state index in [0.29, 0.717) is 21.1 Å². The number of piperidine rings is 1. The summed E-state index contributed by atoms with van der Waals surface area (Å²) in [4.78, 5) is 0. The number of nitrogens with zero attached hydrogens (tertiary/aromatic N) is 1. The summed E-state index contributed by atoms with van der Waals surface area (Å²) in [7, 11) is -3.33. The lowest BCUT2D eigenvalue weighted by atomic mass is 9.97. The Labute approximate surface area is 115 Å². The average molecular weight is 338 g/mol. The Bertz CT molecular complexity index is 497. The molecule has 0 amide bonds. The summed E-state index contributed by atoms with van der Waals surface area (Å²) in [5.41, 5.74) is 0. The molecule has 0 aromatic carbocycles. The molecule has 96 valence electrons. The second-order valence-corrected chi connectivity index (χ2v) is 8.52. The van der Waals surface area contributed by atoms with Crippen molar-refractivity contribution in [3.05, 3.63) is 15.9 Å². The summed E-state index contributed by atoms with van der Waals surface area (Å²) in [5, 5.41) is 1.80. The van der Waals surface area contributed by atoms with Crippen LogP contribution in [0.25, 0.3) is 0 Å². The van der Waals surface area contributed by atoms with E-state index in [1.54, 1.807) is 15.8 Å². The van der Waals surface area contributed by atoms with Gasteiger partial charge in [0.15, 0.2) is 0 Å². The number of thiophene rings is 1. The fourth-order valence-electron chi connectivity index (χ4n) is 2.15. The molecule has 2 rings (SSSR count). The van der Waals surface area contributed by atoms with Gasteiger partial charge in [-0.3, -0.25) is 0 Å². The summed E-state index contributed by atoms with van der Waals surface area (Å²) >= 11 is 4.59. The Morgan fingerprint density at radius 1 is 1.41 bits per heavy atom. The summed E-state index contributed by atoms with van der Waals surface area (Å²) in [6.07, 6.45) is 2.06. The summed E-state index contributed by atoms with van der Waals surface area (Å²) in [6, 6.07) is 1.89. The molecule has 2 unspecified atom stereocenters. The highest BCUT2D eigenvalue weighted by atomic mass is 79.9. The van der Waals surface area contributed by atoms with Gasteiger partial charge < -0.3 is 0 Å². The molecule has 1 aromatic rings. The first-order chi connectivity index (χ1) is 7.93. The van der Waals surface area contributed by atoms with Crippen molar-refractivity contribution in [1.29, 1.82) is 0 Å². The Kier molecular flexibility index (Phi) is 3.97. The standard InChI is InChI=1S/C11H16BrNO2S2/c1-8-3-4-9(2)13(7-8)17(14,15)11-10(12)5-6-16-11/h5-6,8-9H,3-4,7H2,1-2H3. The fraction of sp³-hybridized carbons (Fsp3) is 0.636. The van der Waals surface area contributed by atoms with Crippen LogP contribution in [0.15, 0.2) is 20.1 Å². The number of hydrogen-bond donors (Lipinski definition) is 0. The van der Waals surface area contributed by atoms with Gasteiger partial charge in [-0.05, 0) is 53.1 Å². The van der Waals surface area contributed by atoms with Crippen molar-refractivity contribution in [2.75, 3.05) is 6.54 Å². The van der Waals surface area contributed by atoms with Crippen LogP contribution in [-0.2, 0) is 10.0 Å². The molecular formula is C11H16BrNO2S2. The van der Waals surface area contributed by atoms with Crippen LogP contribution in [0.3, 0.4) is 0 Å². The van der Waals surface area contributed by atoms with Gasteiger partial charge in [0, 0.05) is 17.1 Å². The van der Waals surface area contributed by atoms with Gasteiger partial charge in [0.05, 0.1) is 0 Å². The molecule has 0 spiro atoms. The van der Waals surface area contributed by atoms with Crippen molar-refractivity contribution in [2.45, 2.75) is 36.9 Å². The molecule has 0 bridgehead atoms. The maximum absolute atomic E-state index is 12.5. The molecule has 1 saturated heterocycles. The van der Waals surface area contributed by atoms with Crippen molar-refractivity contribution in [3.8, 4) is 0 Å². The molecule has 0 N–H and O–H groups in total. The monoisotopic (exact) mass is 337 g/mol. The molecule has 1 aromatic heterocycles. The Balaban J connectivity index is 2.35. The minimum atomic E-state index is -3.33. The molecular weight excluding hydrogens is 322 g/mol.